The van der Waals surface area contributed by atoms with Crippen LogP contribution in [0.25, 0.3) is 0 Å². The molecule has 0 bridgehead atoms. The molecule has 29 heavy (non-hydrogen) atoms. The number of carbonyl (C=O) groups is 2. The first-order valence-electron chi connectivity index (χ1n) is 8.58. The number of carbonyl (C=O) groups excluding carboxylic acids is 2. The monoisotopic (exact) mass is 409 g/mol. The molecule has 0 saturated carbocycles. The topological polar surface area (TPSA) is 83.1 Å². The van der Waals surface area contributed by atoms with Crippen molar-refractivity contribution in [1.82, 2.24) is 5.32 Å². The van der Waals surface area contributed by atoms with E-state index in [0.717, 1.165) is 5.56 Å². The van der Waals surface area contributed by atoms with Gasteiger partial charge in [0.1, 0.15) is 5.75 Å². The van der Waals surface area contributed by atoms with E-state index in [1.54, 1.807) is 18.2 Å². The summed E-state index contributed by atoms with van der Waals surface area (Å²) in [6.45, 7) is -1.33. The van der Waals surface area contributed by atoms with Crippen LogP contribution >= 0.6 is 0 Å². The van der Waals surface area contributed by atoms with Crippen LogP contribution < -0.4 is 19.5 Å². The van der Waals surface area contributed by atoms with Gasteiger partial charge in [0, 0.05) is 6.54 Å². The minimum Gasteiger partial charge on any atom is -0.493 e. The van der Waals surface area contributed by atoms with Gasteiger partial charge in [-0.1, -0.05) is 6.07 Å². The van der Waals surface area contributed by atoms with Crippen molar-refractivity contribution < 1.29 is 37.3 Å². The molecule has 0 aliphatic carbocycles. The molecule has 2 rings (SSSR count). The van der Waals surface area contributed by atoms with Crippen LogP contribution in [0.15, 0.2) is 42.5 Å². The Labute approximate surface area is 166 Å². The van der Waals surface area contributed by atoms with Crippen molar-refractivity contribution in [2.75, 3.05) is 14.2 Å². The van der Waals surface area contributed by atoms with Gasteiger partial charge in [0.2, 0.25) is 0 Å². The molecule has 0 unspecified atom stereocenters. The third-order valence-corrected chi connectivity index (χ3v) is 3.88. The number of alkyl halides is 2. The number of hydrogen-bond donors (Lipinski definition) is 1. The molecule has 2 aromatic carbocycles. The van der Waals surface area contributed by atoms with Crippen LogP contribution in [0.4, 0.5) is 8.78 Å². The van der Waals surface area contributed by atoms with Crippen molar-refractivity contribution in [2.45, 2.75) is 26.2 Å². The zero-order valence-electron chi connectivity index (χ0n) is 16.1. The molecule has 1 atom stereocenters. The van der Waals surface area contributed by atoms with Gasteiger partial charge in [-0.05, 0) is 48.9 Å². The fraction of sp³-hybridized carbons (Fsp3) is 0.300. The van der Waals surface area contributed by atoms with Crippen LogP contribution in [0.5, 0.6) is 17.2 Å². The lowest BCUT2D eigenvalue weighted by Crippen LogP contribution is -2.35. The zero-order chi connectivity index (χ0) is 21.4. The van der Waals surface area contributed by atoms with Gasteiger partial charge in [-0.15, -0.1) is 0 Å². The fourth-order valence-corrected chi connectivity index (χ4v) is 2.38. The number of rotatable bonds is 9. The second-order valence-corrected chi connectivity index (χ2v) is 5.86. The maximum absolute atomic E-state index is 12.2. The fourth-order valence-electron chi connectivity index (χ4n) is 2.38. The van der Waals surface area contributed by atoms with Gasteiger partial charge >= 0.3 is 12.6 Å². The van der Waals surface area contributed by atoms with Gasteiger partial charge in [-0.2, -0.15) is 8.78 Å². The molecule has 0 aliphatic heterocycles. The highest BCUT2D eigenvalue weighted by Gasteiger charge is 2.19. The molecule has 1 amide bonds. The Bertz CT molecular complexity index is 841. The van der Waals surface area contributed by atoms with Gasteiger partial charge in [0.15, 0.2) is 17.6 Å². The highest BCUT2D eigenvalue weighted by atomic mass is 19.3. The van der Waals surface area contributed by atoms with Gasteiger partial charge in [-0.25, -0.2) is 4.79 Å². The number of esters is 1. The maximum atomic E-state index is 12.2. The van der Waals surface area contributed by atoms with E-state index in [-0.39, 0.29) is 17.9 Å². The number of nitrogens with one attached hydrogen (secondary N) is 1. The molecule has 0 aromatic heterocycles. The summed E-state index contributed by atoms with van der Waals surface area (Å²) < 4.78 is 44.0. The minimum absolute atomic E-state index is 0.0859. The molecule has 0 spiro atoms. The number of amides is 1. The van der Waals surface area contributed by atoms with E-state index in [9.17, 15) is 18.4 Å². The van der Waals surface area contributed by atoms with E-state index < -0.39 is 24.6 Å². The number of hydrogen-bond acceptors (Lipinski definition) is 6. The zero-order valence-corrected chi connectivity index (χ0v) is 16.1. The van der Waals surface area contributed by atoms with Crippen LogP contribution in [0.1, 0.15) is 22.8 Å². The average Bonchev–Trinajstić information content (AvgIpc) is 2.71. The molecule has 0 saturated heterocycles. The largest absolute Gasteiger partial charge is 0.493 e. The molecular formula is C20H21F2NO6. The van der Waals surface area contributed by atoms with Crippen LogP contribution in [0.2, 0.25) is 0 Å². The second-order valence-electron chi connectivity index (χ2n) is 5.86. The number of ether oxygens (including phenoxy) is 4. The lowest BCUT2D eigenvalue weighted by molar-refractivity contribution is -0.129. The predicted molar refractivity (Wildman–Crippen MR) is 99.3 cm³/mol. The first-order chi connectivity index (χ1) is 13.8. The Hall–Kier alpha value is -3.36. The van der Waals surface area contributed by atoms with Gasteiger partial charge in [0.25, 0.3) is 5.91 Å². The molecule has 0 radical (unpaired) electrons. The average molecular weight is 409 g/mol. The van der Waals surface area contributed by atoms with Crippen molar-refractivity contribution in [3.63, 3.8) is 0 Å². The predicted octanol–water partition coefficient (Wildman–Crippen LogP) is 3.17. The molecule has 0 fully saturated rings. The maximum Gasteiger partial charge on any atom is 0.387 e. The van der Waals surface area contributed by atoms with E-state index >= 15 is 0 Å². The third-order valence-electron chi connectivity index (χ3n) is 3.88. The summed E-state index contributed by atoms with van der Waals surface area (Å²) in [4.78, 5) is 24.3. The Balaban J connectivity index is 1.89. The van der Waals surface area contributed by atoms with E-state index in [2.05, 4.69) is 10.1 Å². The van der Waals surface area contributed by atoms with E-state index in [0.29, 0.717) is 11.5 Å². The van der Waals surface area contributed by atoms with Crippen LogP contribution in [0, 0.1) is 0 Å². The summed E-state index contributed by atoms with van der Waals surface area (Å²) in [5.74, 6) is -0.252. The van der Waals surface area contributed by atoms with E-state index in [4.69, 9.17) is 14.2 Å². The van der Waals surface area contributed by atoms with Gasteiger partial charge in [0.05, 0.1) is 19.8 Å². The Morgan fingerprint density at radius 2 is 1.66 bits per heavy atom. The summed E-state index contributed by atoms with van der Waals surface area (Å²) in [6, 6.07) is 10.2. The van der Waals surface area contributed by atoms with Crippen molar-refractivity contribution in [2.24, 2.45) is 0 Å². The Morgan fingerprint density at radius 1 is 1.00 bits per heavy atom. The standard InChI is InChI=1S/C20H21F2NO6/c1-12(28-19(25)14-5-7-15(8-6-14)29-20(21)22)18(24)23-11-13-4-9-16(26-2)17(10-13)27-3/h4-10,12,20H,11H2,1-3H3,(H,23,24)/t12-/m1/s1. The summed E-state index contributed by atoms with van der Waals surface area (Å²) in [6.07, 6.45) is -1.06. The molecular weight excluding hydrogens is 388 g/mol. The van der Waals surface area contributed by atoms with Gasteiger partial charge in [-0.3, -0.25) is 4.79 Å². The summed E-state index contributed by atoms with van der Waals surface area (Å²) >= 11 is 0. The molecule has 156 valence electrons. The summed E-state index contributed by atoms with van der Waals surface area (Å²) in [7, 11) is 3.03. The SMILES string of the molecule is COc1ccc(CNC(=O)[C@@H](C)OC(=O)c2ccc(OC(F)F)cc2)cc1OC. The Morgan fingerprint density at radius 3 is 2.24 bits per heavy atom. The third kappa shape index (κ3) is 6.34. The Kier molecular flexibility index (Phi) is 7.76. The normalized spacial score (nSPS) is 11.5. The van der Waals surface area contributed by atoms with E-state index in [1.807, 2.05) is 0 Å². The van der Waals surface area contributed by atoms with Crippen molar-refractivity contribution >= 4 is 11.9 Å². The summed E-state index contributed by atoms with van der Waals surface area (Å²) in [5, 5.41) is 2.66. The molecule has 0 heterocycles. The van der Waals surface area contributed by atoms with E-state index in [1.165, 1.54) is 45.4 Å². The molecule has 7 nitrogen and oxygen atoms in total. The number of benzene rings is 2. The van der Waals surface area contributed by atoms with Crippen LogP contribution in [-0.4, -0.2) is 38.8 Å². The smallest absolute Gasteiger partial charge is 0.387 e. The first kappa shape index (κ1) is 21.9. The van der Waals surface area contributed by atoms with Crippen LogP contribution in [0.3, 0.4) is 0 Å². The second kappa shape index (κ2) is 10.3. The molecule has 0 aliphatic rings. The lowest BCUT2D eigenvalue weighted by Gasteiger charge is -2.14. The molecule has 2 aromatic rings. The highest BCUT2D eigenvalue weighted by Crippen LogP contribution is 2.27. The molecule has 1 N–H and O–H groups in total. The van der Waals surface area contributed by atoms with Crippen molar-refractivity contribution in [1.29, 1.82) is 0 Å². The minimum atomic E-state index is -2.96. The quantitative estimate of drug-likeness (QED) is 0.641. The van der Waals surface area contributed by atoms with Gasteiger partial charge < -0.3 is 24.3 Å². The van der Waals surface area contributed by atoms with Crippen molar-refractivity contribution in [3.8, 4) is 17.2 Å². The number of methoxy groups -OCH3 is 2. The lowest BCUT2D eigenvalue weighted by atomic mass is 10.2. The molecule has 9 heteroatoms. The van der Waals surface area contributed by atoms with Crippen LogP contribution in [-0.2, 0) is 16.1 Å². The number of halogens is 2. The summed E-state index contributed by atoms with van der Waals surface area (Å²) in [5.41, 5.74) is 0.871. The highest BCUT2D eigenvalue weighted by molar-refractivity contribution is 5.92. The first-order valence-corrected chi connectivity index (χ1v) is 8.58. The van der Waals surface area contributed by atoms with Crippen molar-refractivity contribution in [3.05, 3.63) is 53.6 Å².